The lowest BCUT2D eigenvalue weighted by Gasteiger charge is -2.25. The minimum absolute atomic E-state index is 0.234. The number of carbonyl (C=O) groups excluding carboxylic acids is 1. The first-order valence-corrected chi connectivity index (χ1v) is 6.12. The maximum absolute atomic E-state index is 11.4. The molecule has 1 saturated carbocycles. The first-order chi connectivity index (χ1) is 6.59. The first-order valence-electron chi connectivity index (χ1n) is 6.12. The average Bonchev–Trinajstić information content (AvgIpc) is 2.16. The Morgan fingerprint density at radius 3 is 2.29 bits per heavy atom. The van der Waals surface area contributed by atoms with Crippen molar-refractivity contribution >= 4 is 5.78 Å². The van der Waals surface area contributed by atoms with E-state index in [9.17, 15) is 4.79 Å². The van der Waals surface area contributed by atoms with Gasteiger partial charge in [0.25, 0.3) is 0 Å². The van der Waals surface area contributed by atoms with Crippen molar-refractivity contribution in [1.82, 2.24) is 0 Å². The number of carbonyl (C=O) groups is 1. The summed E-state index contributed by atoms with van der Waals surface area (Å²) in [6.07, 6.45) is 7.42. The van der Waals surface area contributed by atoms with Crippen molar-refractivity contribution in [2.24, 2.45) is 17.8 Å². The molecule has 0 aromatic carbocycles. The maximum Gasteiger partial charge on any atom is 0.135 e. The summed E-state index contributed by atoms with van der Waals surface area (Å²) in [7, 11) is 0. The van der Waals surface area contributed by atoms with E-state index in [1.807, 2.05) is 13.8 Å². The fourth-order valence-corrected chi connectivity index (χ4v) is 2.25. The molecule has 1 heteroatoms. The molecule has 82 valence electrons. The van der Waals surface area contributed by atoms with Gasteiger partial charge in [-0.05, 0) is 18.3 Å². The Balaban J connectivity index is 2.16. The van der Waals surface area contributed by atoms with Crippen molar-refractivity contribution < 1.29 is 4.79 Å². The summed E-state index contributed by atoms with van der Waals surface area (Å²) in [4.78, 5) is 11.4. The van der Waals surface area contributed by atoms with E-state index >= 15 is 0 Å². The largest absolute Gasteiger partial charge is 0.299 e. The molecule has 0 saturated heterocycles. The summed E-state index contributed by atoms with van der Waals surface area (Å²) in [6.45, 7) is 6.35. The number of hydrogen-bond acceptors (Lipinski definition) is 1. The molecule has 0 heterocycles. The zero-order chi connectivity index (χ0) is 10.6. The molecule has 1 rings (SSSR count). The molecule has 1 aliphatic rings. The Kier molecular flexibility index (Phi) is 4.64. The molecule has 0 atom stereocenters. The van der Waals surface area contributed by atoms with Gasteiger partial charge in [0, 0.05) is 12.3 Å². The van der Waals surface area contributed by atoms with E-state index in [0.29, 0.717) is 5.78 Å². The van der Waals surface area contributed by atoms with Crippen LogP contribution in [0.25, 0.3) is 0 Å². The van der Waals surface area contributed by atoms with E-state index in [4.69, 9.17) is 0 Å². The van der Waals surface area contributed by atoms with Gasteiger partial charge in [0.1, 0.15) is 5.78 Å². The fourth-order valence-electron chi connectivity index (χ4n) is 2.25. The van der Waals surface area contributed by atoms with Crippen LogP contribution >= 0.6 is 0 Å². The van der Waals surface area contributed by atoms with Crippen LogP contribution in [-0.2, 0) is 4.79 Å². The lowest BCUT2D eigenvalue weighted by Crippen LogP contribution is -2.15. The highest BCUT2D eigenvalue weighted by atomic mass is 16.1. The summed E-state index contributed by atoms with van der Waals surface area (Å²) in [5, 5.41) is 0. The molecule has 14 heavy (non-hydrogen) atoms. The smallest absolute Gasteiger partial charge is 0.135 e. The van der Waals surface area contributed by atoms with Crippen molar-refractivity contribution in [2.45, 2.75) is 59.3 Å². The third-order valence-electron chi connectivity index (χ3n) is 3.58. The first kappa shape index (κ1) is 11.7. The van der Waals surface area contributed by atoms with Crippen LogP contribution in [-0.4, -0.2) is 5.78 Å². The molecular weight excluding hydrogens is 172 g/mol. The molecule has 0 aromatic rings. The van der Waals surface area contributed by atoms with Gasteiger partial charge in [-0.2, -0.15) is 0 Å². The Hall–Kier alpha value is -0.330. The number of ketones is 1. The molecule has 0 N–H and O–H groups in total. The van der Waals surface area contributed by atoms with Crippen LogP contribution in [0.3, 0.4) is 0 Å². The van der Waals surface area contributed by atoms with Gasteiger partial charge in [0.15, 0.2) is 0 Å². The fraction of sp³-hybridized carbons (Fsp3) is 0.923. The molecule has 1 aliphatic carbocycles. The van der Waals surface area contributed by atoms with Gasteiger partial charge in [-0.3, -0.25) is 4.79 Å². The van der Waals surface area contributed by atoms with Crippen LogP contribution in [0, 0.1) is 17.8 Å². The van der Waals surface area contributed by atoms with E-state index in [1.54, 1.807) is 0 Å². The monoisotopic (exact) mass is 196 g/mol. The summed E-state index contributed by atoms with van der Waals surface area (Å²) >= 11 is 0. The van der Waals surface area contributed by atoms with E-state index in [0.717, 1.165) is 24.7 Å². The summed E-state index contributed by atoms with van der Waals surface area (Å²) in [5.41, 5.74) is 0. The Labute approximate surface area is 88.3 Å². The highest BCUT2D eigenvalue weighted by Crippen LogP contribution is 2.31. The molecule has 0 spiro atoms. The molecule has 0 radical (unpaired) electrons. The average molecular weight is 196 g/mol. The van der Waals surface area contributed by atoms with Gasteiger partial charge in [0.2, 0.25) is 0 Å². The van der Waals surface area contributed by atoms with Gasteiger partial charge in [-0.25, -0.2) is 0 Å². The molecule has 1 nitrogen and oxygen atoms in total. The predicted octanol–water partition coefficient (Wildman–Crippen LogP) is 3.82. The highest BCUT2D eigenvalue weighted by molar-refractivity contribution is 5.80. The topological polar surface area (TPSA) is 17.1 Å². The van der Waals surface area contributed by atoms with Crippen molar-refractivity contribution in [3.63, 3.8) is 0 Å². The van der Waals surface area contributed by atoms with E-state index < -0.39 is 0 Å². The van der Waals surface area contributed by atoms with Crippen molar-refractivity contribution in [3.8, 4) is 0 Å². The van der Waals surface area contributed by atoms with Crippen molar-refractivity contribution in [1.29, 1.82) is 0 Å². The van der Waals surface area contributed by atoms with E-state index in [1.165, 1.54) is 25.7 Å². The molecule has 0 bridgehead atoms. The van der Waals surface area contributed by atoms with Crippen LogP contribution in [0.2, 0.25) is 0 Å². The third-order valence-corrected chi connectivity index (χ3v) is 3.58. The standard InChI is InChI=1S/C13H24O/c1-10(2)13(14)9-8-12-6-4-11(3)5-7-12/h10-12H,4-9H2,1-3H3. The van der Waals surface area contributed by atoms with Gasteiger partial charge >= 0.3 is 0 Å². The summed E-state index contributed by atoms with van der Waals surface area (Å²) < 4.78 is 0. The van der Waals surface area contributed by atoms with Crippen molar-refractivity contribution in [2.75, 3.05) is 0 Å². The summed E-state index contributed by atoms with van der Waals surface area (Å²) in [5.74, 6) is 2.45. The minimum atomic E-state index is 0.234. The van der Waals surface area contributed by atoms with Gasteiger partial charge in [0.05, 0.1) is 0 Å². The Bertz CT molecular complexity index is 176. The quantitative estimate of drug-likeness (QED) is 0.668. The van der Waals surface area contributed by atoms with Gasteiger partial charge < -0.3 is 0 Å². The molecule has 0 aliphatic heterocycles. The van der Waals surface area contributed by atoms with Crippen LogP contribution in [0.4, 0.5) is 0 Å². The predicted molar refractivity (Wildman–Crippen MR) is 60.2 cm³/mol. The SMILES string of the molecule is CC1CCC(CCC(=O)C(C)C)CC1. The van der Waals surface area contributed by atoms with Gasteiger partial charge in [-0.1, -0.05) is 46.5 Å². The second kappa shape index (κ2) is 5.53. The molecule has 0 unspecified atom stereocenters. The number of hydrogen-bond donors (Lipinski definition) is 0. The molecule has 1 fully saturated rings. The zero-order valence-corrected chi connectivity index (χ0v) is 9.88. The Morgan fingerprint density at radius 2 is 1.79 bits per heavy atom. The lowest BCUT2D eigenvalue weighted by molar-refractivity contribution is -0.122. The van der Waals surface area contributed by atoms with Crippen molar-refractivity contribution in [3.05, 3.63) is 0 Å². The zero-order valence-electron chi connectivity index (χ0n) is 9.88. The van der Waals surface area contributed by atoms with E-state index in [2.05, 4.69) is 6.92 Å². The van der Waals surface area contributed by atoms with Gasteiger partial charge in [-0.15, -0.1) is 0 Å². The number of rotatable bonds is 4. The Morgan fingerprint density at radius 1 is 1.21 bits per heavy atom. The minimum Gasteiger partial charge on any atom is -0.299 e. The van der Waals surface area contributed by atoms with Crippen LogP contribution in [0.1, 0.15) is 59.3 Å². The number of Topliss-reactive ketones (excluding diaryl/α,β-unsaturated/α-hetero) is 1. The normalized spacial score (nSPS) is 28.0. The van der Waals surface area contributed by atoms with E-state index in [-0.39, 0.29) is 5.92 Å². The van der Waals surface area contributed by atoms with Crippen LogP contribution in [0.5, 0.6) is 0 Å². The third kappa shape index (κ3) is 3.81. The highest BCUT2D eigenvalue weighted by Gasteiger charge is 2.19. The summed E-state index contributed by atoms with van der Waals surface area (Å²) in [6, 6.07) is 0. The second-order valence-electron chi connectivity index (χ2n) is 5.29. The maximum atomic E-state index is 11.4. The van der Waals surface area contributed by atoms with Crippen LogP contribution in [0.15, 0.2) is 0 Å². The lowest BCUT2D eigenvalue weighted by atomic mass is 9.80. The second-order valence-corrected chi connectivity index (χ2v) is 5.29. The molecule has 0 amide bonds. The van der Waals surface area contributed by atoms with Crippen LogP contribution < -0.4 is 0 Å². The molecular formula is C13H24O. The molecule has 0 aromatic heterocycles.